The van der Waals surface area contributed by atoms with Crippen molar-refractivity contribution in [2.75, 3.05) is 5.73 Å². The molecule has 2 heterocycles. The third kappa shape index (κ3) is 1.56. The van der Waals surface area contributed by atoms with Crippen LogP contribution in [0, 0.1) is 0 Å². The van der Waals surface area contributed by atoms with Gasteiger partial charge in [-0.25, -0.2) is 14.8 Å². The third-order valence-corrected chi connectivity index (χ3v) is 1.50. The Balaban J connectivity index is 2.58. The Morgan fingerprint density at radius 1 is 1.21 bits per heavy atom. The van der Waals surface area contributed by atoms with Crippen LogP contribution in [0.1, 0.15) is 0 Å². The Hall–Kier alpha value is -2.31. The van der Waals surface area contributed by atoms with Crippen molar-refractivity contribution in [3.8, 4) is 11.4 Å². The predicted octanol–water partition coefficient (Wildman–Crippen LogP) is -0.796. The molecular formula is C7H6N6O. The lowest BCUT2D eigenvalue weighted by molar-refractivity contribution is 1.00. The van der Waals surface area contributed by atoms with Crippen LogP contribution in [0.5, 0.6) is 0 Å². The minimum absolute atomic E-state index is 0.0763. The van der Waals surface area contributed by atoms with E-state index in [1.54, 1.807) is 0 Å². The maximum atomic E-state index is 11.0. The second-order valence-electron chi connectivity index (χ2n) is 2.49. The molecule has 7 heteroatoms. The number of aromatic amines is 1. The molecule has 0 saturated carbocycles. The SMILES string of the molecule is Nc1nc(-c2cncnc2)[nH]c(=O)n1. The van der Waals surface area contributed by atoms with E-state index < -0.39 is 5.69 Å². The fraction of sp³-hybridized carbons (Fsp3) is 0. The van der Waals surface area contributed by atoms with Gasteiger partial charge in [-0.15, -0.1) is 0 Å². The number of nitrogen functional groups attached to an aromatic ring is 1. The second-order valence-corrected chi connectivity index (χ2v) is 2.49. The molecule has 0 aliphatic rings. The molecule has 0 spiro atoms. The van der Waals surface area contributed by atoms with Crippen molar-refractivity contribution in [3.63, 3.8) is 0 Å². The van der Waals surface area contributed by atoms with E-state index in [4.69, 9.17) is 5.73 Å². The van der Waals surface area contributed by atoms with Gasteiger partial charge in [-0.2, -0.15) is 9.97 Å². The fourth-order valence-electron chi connectivity index (χ4n) is 0.959. The molecule has 0 aliphatic heterocycles. The normalized spacial score (nSPS) is 10.0. The molecule has 0 unspecified atom stereocenters. The molecule has 0 saturated heterocycles. The third-order valence-electron chi connectivity index (χ3n) is 1.50. The summed E-state index contributed by atoms with van der Waals surface area (Å²) in [5, 5.41) is 0. The van der Waals surface area contributed by atoms with Gasteiger partial charge in [0.25, 0.3) is 0 Å². The van der Waals surface area contributed by atoms with E-state index >= 15 is 0 Å². The monoisotopic (exact) mass is 190 g/mol. The van der Waals surface area contributed by atoms with Crippen LogP contribution in [0.3, 0.4) is 0 Å². The van der Waals surface area contributed by atoms with Gasteiger partial charge in [0.1, 0.15) is 12.2 Å². The largest absolute Gasteiger partial charge is 0.368 e. The maximum absolute atomic E-state index is 11.0. The average molecular weight is 190 g/mol. The summed E-state index contributed by atoms with van der Waals surface area (Å²) in [6.07, 6.45) is 4.42. The summed E-state index contributed by atoms with van der Waals surface area (Å²) in [5.41, 5.74) is 5.35. The molecule has 70 valence electrons. The van der Waals surface area contributed by atoms with Crippen molar-refractivity contribution in [1.82, 2.24) is 24.9 Å². The number of hydrogen-bond acceptors (Lipinski definition) is 6. The van der Waals surface area contributed by atoms with E-state index in [0.29, 0.717) is 11.4 Å². The summed E-state index contributed by atoms with van der Waals surface area (Å²) in [7, 11) is 0. The van der Waals surface area contributed by atoms with E-state index in [0.717, 1.165) is 0 Å². The van der Waals surface area contributed by atoms with Crippen LogP contribution in [-0.2, 0) is 0 Å². The number of H-pyrrole nitrogens is 1. The molecule has 3 N–H and O–H groups in total. The van der Waals surface area contributed by atoms with Crippen molar-refractivity contribution >= 4 is 5.95 Å². The quantitative estimate of drug-likeness (QED) is 0.609. The van der Waals surface area contributed by atoms with Crippen LogP contribution in [0.25, 0.3) is 11.4 Å². The predicted molar refractivity (Wildman–Crippen MR) is 48.1 cm³/mol. The van der Waals surface area contributed by atoms with E-state index in [2.05, 4.69) is 24.9 Å². The molecular weight excluding hydrogens is 184 g/mol. The number of rotatable bonds is 1. The average Bonchev–Trinajstić information content (AvgIpc) is 2.18. The first kappa shape index (κ1) is 8.30. The Morgan fingerprint density at radius 3 is 2.57 bits per heavy atom. The van der Waals surface area contributed by atoms with E-state index in [-0.39, 0.29) is 5.95 Å². The van der Waals surface area contributed by atoms with Gasteiger partial charge in [0.05, 0.1) is 5.56 Å². The summed E-state index contributed by atoms with van der Waals surface area (Å²) >= 11 is 0. The van der Waals surface area contributed by atoms with Crippen LogP contribution in [0.2, 0.25) is 0 Å². The van der Waals surface area contributed by atoms with Gasteiger partial charge in [0.2, 0.25) is 5.95 Å². The second kappa shape index (κ2) is 3.21. The number of nitrogens with two attached hydrogens (primary N) is 1. The van der Waals surface area contributed by atoms with Gasteiger partial charge < -0.3 is 5.73 Å². The van der Waals surface area contributed by atoms with Crippen LogP contribution in [0.15, 0.2) is 23.5 Å². The highest BCUT2D eigenvalue weighted by Gasteiger charge is 2.02. The van der Waals surface area contributed by atoms with Crippen LogP contribution >= 0.6 is 0 Å². The summed E-state index contributed by atoms with van der Waals surface area (Å²) < 4.78 is 0. The van der Waals surface area contributed by atoms with Crippen molar-refractivity contribution < 1.29 is 0 Å². The molecule has 7 nitrogen and oxygen atoms in total. The summed E-state index contributed by atoms with van der Waals surface area (Å²) in [5.74, 6) is 0.232. The number of nitrogens with zero attached hydrogens (tertiary/aromatic N) is 4. The lowest BCUT2D eigenvalue weighted by Crippen LogP contribution is -2.15. The topological polar surface area (TPSA) is 110 Å². The van der Waals surface area contributed by atoms with Gasteiger partial charge in [0, 0.05) is 12.4 Å². The van der Waals surface area contributed by atoms with Crippen molar-refractivity contribution in [2.24, 2.45) is 0 Å². The van der Waals surface area contributed by atoms with Crippen molar-refractivity contribution in [1.29, 1.82) is 0 Å². The van der Waals surface area contributed by atoms with Crippen molar-refractivity contribution in [3.05, 3.63) is 29.2 Å². The van der Waals surface area contributed by atoms with E-state index in [9.17, 15) is 4.79 Å². The standard InChI is InChI=1S/C7H6N6O/c8-6-11-5(12-7(14)13-6)4-1-9-3-10-2-4/h1-3H,(H3,8,11,12,13,14). The molecule has 2 aromatic heterocycles. The lowest BCUT2D eigenvalue weighted by atomic mass is 10.3. The minimum atomic E-state index is -0.545. The van der Waals surface area contributed by atoms with Gasteiger partial charge >= 0.3 is 5.69 Å². The maximum Gasteiger partial charge on any atom is 0.349 e. The first-order chi connectivity index (χ1) is 6.75. The van der Waals surface area contributed by atoms with Gasteiger partial charge in [-0.05, 0) is 0 Å². The number of aromatic nitrogens is 5. The van der Waals surface area contributed by atoms with Gasteiger partial charge in [-0.1, -0.05) is 0 Å². The number of anilines is 1. The molecule has 0 atom stereocenters. The molecule has 0 bridgehead atoms. The Bertz CT molecular complexity index is 493. The number of hydrogen-bond donors (Lipinski definition) is 2. The molecule has 0 radical (unpaired) electrons. The van der Waals surface area contributed by atoms with Gasteiger partial charge in [0.15, 0.2) is 0 Å². The Labute approximate surface area is 78.1 Å². The highest BCUT2D eigenvalue weighted by Crippen LogP contribution is 2.08. The smallest absolute Gasteiger partial charge is 0.349 e. The van der Waals surface area contributed by atoms with Crippen LogP contribution in [0.4, 0.5) is 5.95 Å². The van der Waals surface area contributed by atoms with E-state index in [1.807, 2.05) is 0 Å². The van der Waals surface area contributed by atoms with Gasteiger partial charge in [-0.3, -0.25) is 4.98 Å². The molecule has 0 amide bonds. The lowest BCUT2D eigenvalue weighted by Gasteiger charge is -1.98. The molecule has 0 aromatic carbocycles. The molecule has 14 heavy (non-hydrogen) atoms. The van der Waals surface area contributed by atoms with Crippen LogP contribution in [-0.4, -0.2) is 24.9 Å². The first-order valence-electron chi connectivity index (χ1n) is 3.75. The Morgan fingerprint density at radius 2 is 1.93 bits per heavy atom. The highest BCUT2D eigenvalue weighted by molar-refractivity contribution is 5.51. The summed E-state index contributed by atoms with van der Waals surface area (Å²) in [4.78, 5) is 28.2. The summed E-state index contributed by atoms with van der Waals surface area (Å²) in [6, 6.07) is 0. The van der Waals surface area contributed by atoms with Crippen molar-refractivity contribution in [2.45, 2.75) is 0 Å². The van der Waals surface area contributed by atoms with Crippen LogP contribution < -0.4 is 11.4 Å². The minimum Gasteiger partial charge on any atom is -0.368 e. The molecule has 2 rings (SSSR count). The molecule has 2 aromatic rings. The fourth-order valence-corrected chi connectivity index (χ4v) is 0.959. The van der Waals surface area contributed by atoms with E-state index in [1.165, 1.54) is 18.7 Å². The zero-order valence-corrected chi connectivity index (χ0v) is 7.01. The molecule has 0 aliphatic carbocycles. The highest BCUT2D eigenvalue weighted by atomic mass is 16.1. The zero-order valence-electron chi connectivity index (χ0n) is 7.01. The molecule has 0 fully saturated rings. The first-order valence-corrected chi connectivity index (χ1v) is 3.75. The number of nitrogens with one attached hydrogen (secondary N) is 1. The summed E-state index contributed by atoms with van der Waals surface area (Å²) in [6.45, 7) is 0. The Kier molecular flexibility index (Phi) is 1.90. The zero-order chi connectivity index (χ0) is 9.97.